The van der Waals surface area contributed by atoms with Crippen LogP contribution in [-0.2, 0) is 14.8 Å². The molecule has 10 heteroatoms. The van der Waals surface area contributed by atoms with Crippen molar-refractivity contribution in [1.29, 1.82) is 0 Å². The van der Waals surface area contributed by atoms with Gasteiger partial charge in [0.2, 0.25) is 15.9 Å². The Labute approximate surface area is 208 Å². The van der Waals surface area contributed by atoms with Crippen molar-refractivity contribution in [3.05, 3.63) is 78.6 Å². The summed E-state index contributed by atoms with van der Waals surface area (Å²) in [6.45, 7) is 1.84. The Balaban J connectivity index is 1.52. The summed E-state index contributed by atoms with van der Waals surface area (Å²) >= 11 is 1.02. The van der Waals surface area contributed by atoms with Crippen molar-refractivity contribution in [3.63, 3.8) is 0 Å². The van der Waals surface area contributed by atoms with Crippen LogP contribution in [0.5, 0.6) is 5.75 Å². The summed E-state index contributed by atoms with van der Waals surface area (Å²) < 4.78 is 31.8. The molecule has 2 unspecified atom stereocenters. The standard InChI is InChI=1S/C25H25N3O5S2/c1-17(28-24(29)16-34-25(28)30)13-23(20-6-4-12-26-15-20)33-22-10-8-18(9-11-22)19-5-3-7-21(14-19)27-35(2,31)32/h3-12,14-15,17,23,27H,13,16H2,1-2H3. The maximum Gasteiger partial charge on any atom is 0.289 e. The molecule has 2 aromatic carbocycles. The number of ether oxygens (including phenoxy) is 1. The number of anilines is 1. The Morgan fingerprint density at radius 1 is 1.09 bits per heavy atom. The first-order valence-corrected chi connectivity index (χ1v) is 13.8. The summed E-state index contributed by atoms with van der Waals surface area (Å²) in [6.07, 6.45) is 4.51. The van der Waals surface area contributed by atoms with E-state index in [4.69, 9.17) is 4.74 Å². The molecule has 4 rings (SSSR count). The van der Waals surface area contributed by atoms with Crippen molar-refractivity contribution in [2.45, 2.75) is 25.5 Å². The molecule has 182 valence electrons. The van der Waals surface area contributed by atoms with E-state index in [1.807, 2.05) is 49.4 Å². The van der Waals surface area contributed by atoms with Crippen LogP contribution in [0.15, 0.2) is 73.1 Å². The number of hydrogen-bond acceptors (Lipinski definition) is 7. The molecule has 2 atom stereocenters. The number of benzene rings is 2. The Morgan fingerprint density at radius 3 is 2.49 bits per heavy atom. The lowest BCUT2D eigenvalue weighted by atomic mass is 10.0. The van der Waals surface area contributed by atoms with Gasteiger partial charge in [-0.25, -0.2) is 8.42 Å². The Hall–Kier alpha value is -3.37. The number of nitrogens with zero attached hydrogens (tertiary/aromatic N) is 2. The van der Waals surface area contributed by atoms with Crippen molar-refractivity contribution < 1.29 is 22.7 Å². The number of pyridine rings is 1. The van der Waals surface area contributed by atoms with Crippen molar-refractivity contribution in [1.82, 2.24) is 9.88 Å². The van der Waals surface area contributed by atoms with Gasteiger partial charge in [-0.1, -0.05) is 42.1 Å². The predicted molar refractivity (Wildman–Crippen MR) is 137 cm³/mol. The van der Waals surface area contributed by atoms with Crippen molar-refractivity contribution >= 4 is 38.6 Å². The minimum Gasteiger partial charge on any atom is -0.486 e. The molecule has 2 heterocycles. The van der Waals surface area contributed by atoms with E-state index < -0.39 is 16.1 Å². The number of carbonyl (C=O) groups excluding carboxylic acids is 2. The van der Waals surface area contributed by atoms with Gasteiger partial charge < -0.3 is 4.74 Å². The summed E-state index contributed by atoms with van der Waals surface area (Å²) in [5, 5.41) is -0.232. The lowest BCUT2D eigenvalue weighted by Crippen LogP contribution is -2.38. The molecule has 2 amide bonds. The molecule has 1 aliphatic rings. The highest BCUT2D eigenvalue weighted by atomic mass is 32.2. The van der Waals surface area contributed by atoms with Crippen molar-refractivity contribution in [2.75, 3.05) is 16.7 Å². The van der Waals surface area contributed by atoms with Gasteiger partial charge in [0.15, 0.2) is 0 Å². The minimum atomic E-state index is -3.37. The highest BCUT2D eigenvalue weighted by Crippen LogP contribution is 2.32. The minimum absolute atomic E-state index is 0.171. The molecule has 1 aliphatic heterocycles. The molecule has 1 fully saturated rings. The lowest BCUT2D eigenvalue weighted by Gasteiger charge is -2.27. The molecule has 35 heavy (non-hydrogen) atoms. The van der Waals surface area contributed by atoms with Crippen LogP contribution in [0.25, 0.3) is 11.1 Å². The van der Waals surface area contributed by atoms with Gasteiger partial charge in [-0.3, -0.25) is 24.2 Å². The van der Waals surface area contributed by atoms with E-state index in [0.717, 1.165) is 34.7 Å². The van der Waals surface area contributed by atoms with E-state index in [1.54, 1.807) is 30.6 Å². The molecule has 0 spiro atoms. The van der Waals surface area contributed by atoms with Gasteiger partial charge >= 0.3 is 0 Å². The van der Waals surface area contributed by atoms with Crippen LogP contribution >= 0.6 is 11.8 Å². The highest BCUT2D eigenvalue weighted by molar-refractivity contribution is 8.14. The van der Waals surface area contributed by atoms with Crippen LogP contribution in [-0.4, -0.2) is 47.5 Å². The second-order valence-corrected chi connectivity index (χ2v) is 11.0. The molecule has 1 saturated heterocycles. The van der Waals surface area contributed by atoms with Gasteiger partial charge in [0.25, 0.3) is 5.24 Å². The largest absolute Gasteiger partial charge is 0.486 e. The van der Waals surface area contributed by atoms with E-state index in [9.17, 15) is 18.0 Å². The summed E-state index contributed by atoms with van der Waals surface area (Å²) in [6, 6.07) is 18.0. The Kier molecular flexibility index (Phi) is 7.42. The number of sulfonamides is 1. The van der Waals surface area contributed by atoms with Crippen LogP contribution in [0.4, 0.5) is 10.5 Å². The lowest BCUT2D eigenvalue weighted by molar-refractivity contribution is -0.126. The van der Waals surface area contributed by atoms with Crippen LogP contribution < -0.4 is 9.46 Å². The fourth-order valence-electron chi connectivity index (χ4n) is 3.89. The third-order valence-electron chi connectivity index (χ3n) is 5.47. The first-order chi connectivity index (χ1) is 16.7. The van der Waals surface area contributed by atoms with Gasteiger partial charge in [0.05, 0.1) is 12.0 Å². The van der Waals surface area contributed by atoms with Gasteiger partial charge in [-0.05, 0) is 48.4 Å². The van der Waals surface area contributed by atoms with Gasteiger partial charge in [-0.15, -0.1) is 0 Å². The number of amides is 2. The number of nitrogens with one attached hydrogen (secondary N) is 1. The smallest absolute Gasteiger partial charge is 0.289 e. The number of aromatic nitrogens is 1. The van der Waals surface area contributed by atoms with E-state index in [1.165, 1.54) is 4.90 Å². The molecular weight excluding hydrogens is 486 g/mol. The van der Waals surface area contributed by atoms with Gasteiger partial charge in [0, 0.05) is 36.1 Å². The molecule has 0 saturated carbocycles. The molecule has 3 aromatic rings. The third kappa shape index (κ3) is 6.40. The molecule has 1 aromatic heterocycles. The fraction of sp³-hybridized carbons (Fsp3) is 0.240. The average molecular weight is 512 g/mol. The number of imide groups is 1. The normalized spacial score (nSPS) is 15.7. The molecular formula is C25H25N3O5S2. The quantitative estimate of drug-likeness (QED) is 0.443. The van der Waals surface area contributed by atoms with Crippen molar-refractivity contribution in [3.8, 4) is 16.9 Å². The van der Waals surface area contributed by atoms with Crippen molar-refractivity contribution in [2.24, 2.45) is 0 Å². The summed E-state index contributed by atoms with van der Waals surface area (Å²) in [4.78, 5) is 29.8. The van der Waals surface area contributed by atoms with E-state index in [0.29, 0.717) is 17.9 Å². The average Bonchev–Trinajstić information content (AvgIpc) is 3.16. The zero-order chi connectivity index (χ0) is 25.0. The van der Waals surface area contributed by atoms with Crippen LogP contribution in [0, 0.1) is 0 Å². The first-order valence-electron chi connectivity index (χ1n) is 10.9. The van der Waals surface area contributed by atoms with E-state index in [2.05, 4.69) is 9.71 Å². The van der Waals surface area contributed by atoms with Crippen LogP contribution in [0.1, 0.15) is 25.0 Å². The SMILES string of the molecule is CC(CC(Oc1ccc(-c2cccc(NS(C)(=O)=O)c2)cc1)c1cccnc1)N1C(=O)CSC1=O. The first kappa shape index (κ1) is 24.7. The molecule has 0 radical (unpaired) electrons. The summed E-state index contributed by atoms with van der Waals surface area (Å²) in [5.74, 6) is 0.604. The molecule has 0 bridgehead atoms. The maximum atomic E-state index is 12.2. The topological polar surface area (TPSA) is 106 Å². The van der Waals surface area contributed by atoms with E-state index >= 15 is 0 Å². The highest BCUT2D eigenvalue weighted by Gasteiger charge is 2.35. The Morgan fingerprint density at radius 2 is 1.86 bits per heavy atom. The second kappa shape index (κ2) is 10.5. The van der Waals surface area contributed by atoms with Gasteiger partial charge in [-0.2, -0.15) is 0 Å². The zero-order valence-electron chi connectivity index (χ0n) is 19.2. The van der Waals surface area contributed by atoms with Crippen LogP contribution in [0.2, 0.25) is 0 Å². The van der Waals surface area contributed by atoms with Gasteiger partial charge in [0.1, 0.15) is 11.9 Å². The molecule has 8 nitrogen and oxygen atoms in total. The fourth-order valence-corrected chi connectivity index (χ4v) is 5.25. The number of thioether (sulfide) groups is 1. The second-order valence-electron chi connectivity index (χ2n) is 8.28. The number of hydrogen-bond donors (Lipinski definition) is 1. The molecule has 1 N–H and O–H groups in total. The monoisotopic (exact) mass is 511 g/mol. The Bertz CT molecular complexity index is 1300. The predicted octanol–water partition coefficient (Wildman–Crippen LogP) is 4.71. The van der Waals surface area contributed by atoms with E-state index in [-0.39, 0.29) is 22.9 Å². The van der Waals surface area contributed by atoms with Crippen LogP contribution in [0.3, 0.4) is 0 Å². The summed E-state index contributed by atoms with van der Waals surface area (Å²) in [5.41, 5.74) is 3.08. The number of rotatable bonds is 9. The third-order valence-corrected chi connectivity index (χ3v) is 6.91. The molecule has 0 aliphatic carbocycles. The summed E-state index contributed by atoms with van der Waals surface area (Å²) in [7, 11) is -3.37. The zero-order valence-corrected chi connectivity index (χ0v) is 20.9. The number of carbonyl (C=O) groups is 2. The maximum absolute atomic E-state index is 12.2.